The third kappa shape index (κ3) is 5.34. The molecule has 2 heterocycles. The summed E-state index contributed by atoms with van der Waals surface area (Å²) in [6.07, 6.45) is 1.82. The molecule has 2 N–H and O–H groups in total. The molecular formula is C34H34ClN3O3. The van der Waals surface area contributed by atoms with E-state index in [0.717, 1.165) is 35.5 Å². The van der Waals surface area contributed by atoms with Crippen molar-refractivity contribution in [1.82, 2.24) is 14.9 Å². The number of nitrogens with one attached hydrogen (secondary N) is 1. The Balaban J connectivity index is 1.25. The van der Waals surface area contributed by atoms with Gasteiger partial charge in [0.25, 0.3) is 11.5 Å². The van der Waals surface area contributed by atoms with E-state index in [2.05, 4.69) is 43.1 Å². The van der Waals surface area contributed by atoms with Crippen LogP contribution in [0.5, 0.6) is 0 Å². The first-order chi connectivity index (χ1) is 19.7. The fourth-order valence-corrected chi connectivity index (χ4v) is 6.08. The summed E-state index contributed by atoms with van der Waals surface area (Å²) in [5.74, 6) is 0.719. The fraction of sp³-hybridized carbons (Fsp3) is 0.324. The summed E-state index contributed by atoms with van der Waals surface area (Å²) in [6, 6.07) is 23.4. The van der Waals surface area contributed by atoms with Crippen LogP contribution in [0.3, 0.4) is 0 Å². The van der Waals surface area contributed by atoms with Gasteiger partial charge in [0, 0.05) is 11.6 Å². The normalized spacial score (nSPS) is 16.7. The van der Waals surface area contributed by atoms with Crippen molar-refractivity contribution >= 4 is 17.5 Å². The number of carbonyl (C=O) groups is 1. The zero-order valence-corrected chi connectivity index (χ0v) is 24.1. The third-order valence-corrected chi connectivity index (χ3v) is 8.74. The number of rotatable bonds is 6. The Labute approximate surface area is 245 Å². The molecule has 210 valence electrons. The van der Waals surface area contributed by atoms with Crippen LogP contribution in [-0.4, -0.2) is 32.4 Å². The van der Waals surface area contributed by atoms with Gasteiger partial charge in [-0.3, -0.25) is 9.59 Å². The molecule has 4 aromatic rings. The number of benzene rings is 3. The van der Waals surface area contributed by atoms with Crippen molar-refractivity contribution in [2.24, 2.45) is 0 Å². The highest BCUT2D eigenvalue weighted by Gasteiger charge is 2.49. The Hall–Kier alpha value is -3.74. The molecule has 1 atom stereocenters. The number of amides is 1. The molecule has 0 unspecified atom stereocenters. The van der Waals surface area contributed by atoms with Crippen LogP contribution in [0.25, 0.3) is 11.1 Å². The van der Waals surface area contributed by atoms with E-state index in [1.807, 2.05) is 36.4 Å². The first kappa shape index (κ1) is 27.4. The van der Waals surface area contributed by atoms with Gasteiger partial charge in [-0.05, 0) is 77.6 Å². The number of aliphatic hydroxyl groups excluding tert-OH is 1. The summed E-state index contributed by atoms with van der Waals surface area (Å²) in [4.78, 5) is 36.6. The van der Waals surface area contributed by atoms with Crippen LogP contribution in [0.1, 0.15) is 78.9 Å². The Morgan fingerprint density at radius 1 is 1.00 bits per heavy atom. The van der Waals surface area contributed by atoms with Crippen LogP contribution >= 0.6 is 11.6 Å². The smallest absolute Gasteiger partial charge is 0.256 e. The third-order valence-electron chi connectivity index (χ3n) is 8.51. The molecule has 0 spiro atoms. The van der Waals surface area contributed by atoms with Crippen LogP contribution in [0.15, 0.2) is 77.6 Å². The van der Waals surface area contributed by atoms with Gasteiger partial charge in [0.1, 0.15) is 5.82 Å². The maximum absolute atomic E-state index is 13.5. The number of aryl methyl sites for hydroxylation is 1. The quantitative estimate of drug-likeness (QED) is 0.286. The van der Waals surface area contributed by atoms with Gasteiger partial charge in [-0.15, -0.1) is 0 Å². The number of nitrogens with zero attached hydrogens (tertiary/aromatic N) is 2. The molecule has 1 saturated carbocycles. The van der Waals surface area contributed by atoms with Crippen molar-refractivity contribution in [3.05, 3.63) is 122 Å². The van der Waals surface area contributed by atoms with Crippen molar-refractivity contribution in [3.8, 4) is 11.1 Å². The van der Waals surface area contributed by atoms with Gasteiger partial charge < -0.3 is 15.0 Å². The Morgan fingerprint density at radius 2 is 1.71 bits per heavy atom. The lowest BCUT2D eigenvalue weighted by Crippen LogP contribution is -2.36. The van der Waals surface area contributed by atoms with E-state index in [4.69, 9.17) is 16.6 Å². The summed E-state index contributed by atoms with van der Waals surface area (Å²) in [5, 5.41) is 11.7. The predicted molar refractivity (Wildman–Crippen MR) is 161 cm³/mol. The second-order valence-corrected chi connectivity index (χ2v) is 12.0. The lowest BCUT2D eigenvalue weighted by atomic mass is 9.90. The molecule has 1 fully saturated rings. The molecule has 6 nitrogen and oxygen atoms in total. The topological polar surface area (TPSA) is 86.3 Å². The number of aliphatic hydroxyl groups is 1. The van der Waals surface area contributed by atoms with E-state index in [9.17, 15) is 14.7 Å². The lowest BCUT2D eigenvalue weighted by Gasteiger charge is -2.24. The number of H-pyrrole nitrogens is 1. The Kier molecular flexibility index (Phi) is 7.30. The summed E-state index contributed by atoms with van der Waals surface area (Å²) >= 11 is 6.16. The second kappa shape index (κ2) is 10.9. The van der Waals surface area contributed by atoms with Crippen molar-refractivity contribution < 1.29 is 9.90 Å². The number of carbonyl (C=O) groups excluding carboxylic acids is 1. The zero-order valence-electron chi connectivity index (χ0n) is 23.4. The molecule has 7 heteroatoms. The molecule has 0 saturated heterocycles. The number of halogens is 1. The Morgan fingerprint density at radius 3 is 2.44 bits per heavy atom. The van der Waals surface area contributed by atoms with E-state index in [0.29, 0.717) is 41.5 Å². The summed E-state index contributed by atoms with van der Waals surface area (Å²) in [6.45, 7) is 4.93. The van der Waals surface area contributed by atoms with Crippen LogP contribution in [-0.2, 0) is 23.2 Å². The highest BCUT2D eigenvalue weighted by atomic mass is 35.5. The highest BCUT2D eigenvalue weighted by Crippen LogP contribution is 2.52. The summed E-state index contributed by atoms with van der Waals surface area (Å²) in [5.41, 5.74) is 5.53. The van der Waals surface area contributed by atoms with Crippen molar-refractivity contribution in [2.75, 3.05) is 6.54 Å². The fourth-order valence-electron chi connectivity index (χ4n) is 5.89. The van der Waals surface area contributed by atoms with E-state index >= 15 is 0 Å². The molecule has 1 amide bonds. The average molecular weight is 568 g/mol. The maximum atomic E-state index is 13.5. The minimum absolute atomic E-state index is 0.123. The SMILES string of the molecule is CC(C)c1cccc(C2(c3nc4c(c(=O)[nH]3)CN(C(=O)[C@H](O)c3cccc(-c5cccc(Cl)c5)c3)CCC4)CC2)c1. The lowest BCUT2D eigenvalue weighted by molar-refractivity contribution is -0.141. The monoisotopic (exact) mass is 567 g/mol. The first-order valence-electron chi connectivity index (χ1n) is 14.3. The number of fused-ring (bicyclic) bond motifs is 1. The van der Waals surface area contributed by atoms with Crippen LogP contribution in [0.2, 0.25) is 5.02 Å². The summed E-state index contributed by atoms with van der Waals surface area (Å²) in [7, 11) is 0. The van der Waals surface area contributed by atoms with E-state index < -0.39 is 12.0 Å². The van der Waals surface area contributed by atoms with Gasteiger partial charge in [-0.1, -0.05) is 80.0 Å². The highest BCUT2D eigenvalue weighted by molar-refractivity contribution is 6.30. The molecule has 1 aliphatic carbocycles. The average Bonchev–Trinajstić information content (AvgIpc) is 3.81. The largest absolute Gasteiger partial charge is 0.378 e. The minimum atomic E-state index is -1.34. The van der Waals surface area contributed by atoms with E-state index in [1.54, 1.807) is 17.0 Å². The molecule has 1 aromatic heterocycles. The molecular weight excluding hydrogens is 534 g/mol. The van der Waals surface area contributed by atoms with Crippen LogP contribution < -0.4 is 5.56 Å². The second-order valence-electron chi connectivity index (χ2n) is 11.6. The number of hydrogen-bond acceptors (Lipinski definition) is 4. The first-order valence-corrected chi connectivity index (χ1v) is 14.7. The number of hydrogen-bond donors (Lipinski definition) is 2. The van der Waals surface area contributed by atoms with E-state index in [1.165, 1.54) is 11.1 Å². The van der Waals surface area contributed by atoms with Gasteiger partial charge in [-0.2, -0.15) is 0 Å². The van der Waals surface area contributed by atoms with Crippen molar-refractivity contribution in [1.29, 1.82) is 0 Å². The van der Waals surface area contributed by atoms with Crippen molar-refractivity contribution in [2.45, 2.75) is 63.5 Å². The van der Waals surface area contributed by atoms with E-state index in [-0.39, 0.29) is 17.5 Å². The van der Waals surface area contributed by atoms with Gasteiger partial charge in [0.15, 0.2) is 6.10 Å². The zero-order chi connectivity index (χ0) is 28.7. The molecule has 0 bridgehead atoms. The Bertz CT molecular complexity index is 1670. The minimum Gasteiger partial charge on any atom is -0.378 e. The van der Waals surface area contributed by atoms with Crippen LogP contribution in [0.4, 0.5) is 0 Å². The number of aromatic amines is 1. The van der Waals surface area contributed by atoms with Gasteiger partial charge in [0.05, 0.1) is 23.2 Å². The number of aromatic nitrogens is 2. The molecule has 1 aliphatic heterocycles. The van der Waals surface area contributed by atoms with Crippen molar-refractivity contribution in [3.63, 3.8) is 0 Å². The standard InChI is InChI=1S/C34H34ClN3O3/c1-21(2)22-7-4-11-26(18-22)34(14-15-34)33-36-29-13-6-16-38(20-28(29)31(40)37-33)32(41)30(39)25-10-3-8-23(17-25)24-9-5-12-27(35)19-24/h3-5,7-12,17-19,21,30,39H,6,13-16,20H2,1-2H3,(H,36,37,40)/t30-/m1/s1. The maximum Gasteiger partial charge on any atom is 0.256 e. The van der Waals surface area contributed by atoms with Crippen LogP contribution in [0, 0.1) is 0 Å². The molecule has 41 heavy (non-hydrogen) atoms. The van der Waals surface area contributed by atoms with Gasteiger partial charge in [-0.25, -0.2) is 4.98 Å². The molecule has 6 rings (SSSR count). The molecule has 3 aromatic carbocycles. The van der Waals surface area contributed by atoms with Gasteiger partial charge >= 0.3 is 0 Å². The summed E-state index contributed by atoms with van der Waals surface area (Å²) < 4.78 is 0. The predicted octanol–water partition coefficient (Wildman–Crippen LogP) is 6.30. The van der Waals surface area contributed by atoms with Gasteiger partial charge in [0.2, 0.25) is 0 Å². The molecule has 0 radical (unpaired) electrons. The molecule has 2 aliphatic rings.